The van der Waals surface area contributed by atoms with Gasteiger partial charge in [-0.05, 0) is 37.1 Å². The van der Waals surface area contributed by atoms with E-state index in [0.29, 0.717) is 0 Å². The summed E-state index contributed by atoms with van der Waals surface area (Å²) in [5.41, 5.74) is 3.50. The Kier molecular flexibility index (Phi) is 4.00. The maximum Gasteiger partial charge on any atom is 0.254 e. The van der Waals surface area contributed by atoms with Crippen LogP contribution in [0.3, 0.4) is 0 Å². The van der Waals surface area contributed by atoms with Gasteiger partial charge in [-0.2, -0.15) is 0 Å². The number of aryl methyl sites for hydroxylation is 1. The first-order chi connectivity index (χ1) is 9.17. The van der Waals surface area contributed by atoms with Crippen molar-refractivity contribution in [1.82, 2.24) is 9.97 Å². The highest BCUT2D eigenvalue weighted by molar-refractivity contribution is 5.67. The molecule has 0 radical (unpaired) electrons. The van der Waals surface area contributed by atoms with Crippen molar-refractivity contribution in [2.24, 2.45) is 0 Å². The van der Waals surface area contributed by atoms with Crippen LogP contribution in [0.1, 0.15) is 24.5 Å². The molecule has 2 rings (SSSR count). The second kappa shape index (κ2) is 5.69. The van der Waals surface area contributed by atoms with Gasteiger partial charge in [-0.25, -0.2) is 4.98 Å². The number of H-pyrrole nitrogens is 1. The van der Waals surface area contributed by atoms with Gasteiger partial charge in [0.15, 0.2) is 0 Å². The summed E-state index contributed by atoms with van der Waals surface area (Å²) < 4.78 is 5.20. The number of aromatic amines is 1. The standard InChI is InChI=1S/C15H18N2O2/c1-4-5-13-14(16-9-17-15(13)18)12-7-6-11(19-3)8-10(12)2/h6-9H,4-5H2,1-3H3,(H,16,17,18). The average Bonchev–Trinajstić information content (AvgIpc) is 2.41. The summed E-state index contributed by atoms with van der Waals surface area (Å²) in [5, 5.41) is 0. The van der Waals surface area contributed by atoms with Crippen LogP contribution in [0, 0.1) is 6.92 Å². The van der Waals surface area contributed by atoms with Crippen LogP contribution in [0.4, 0.5) is 0 Å². The van der Waals surface area contributed by atoms with Gasteiger partial charge in [0.2, 0.25) is 0 Å². The predicted octanol–water partition coefficient (Wildman–Crippen LogP) is 2.71. The van der Waals surface area contributed by atoms with Gasteiger partial charge in [-0.1, -0.05) is 13.3 Å². The molecule has 4 heteroatoms. The SMILES string of the molecule is CCCc1c(-c2ccc(OC)cc2C)nc[nH]c1=O. The van der Waals surface area contributed by atoms with Crippen LogP contribution in [-0.2, 0) is 6.42 Å². The number of hydrogen-bond donors (Lipinski definition) is 1. The highest BCUT2D eigenvalue weighted by Gasteiger charge is 2.12. The monoisotopic (exact) mass is 258 g/mol. The Morgan fingerprint density at radius 2 is 2.16 bits per heavy atom. The van der Waals surface area contributed by atoms with Crippen LogP contribution in [0.2, 0.25) is 0 Å². The largest absolute Gasteiger partial charge is 0.497 e. The fraction of sp³-hybridized carbons (Fsp3) is 0.333. The molecule has 1 heterocycles. The number of nitrogens with zero attached hydrogens (tertiary/aromatic N) is 1. The Hall–Kier alpha value is -2.10. The van der Waals surface area contributed by atoms with E-state index in [2.05, 4.69) is 16.9 Å². The summed E-state index contributed by atoms with van der Waals surface area (Å²) in [6, 6.07) is 5.80. The van der Waals surface area contributed by atoms with E-state index in [4.69, 9.17) is 4.74 Å². The second-order valence-electron chi connectivity index (χ2n) is 4.49. The molecule has 0 spiro atoms. The zero-order valence-corrected chi connectivity index (χ0v) is 11.5. The first kappa shape index (κ1) is 13.3. The van der Waals surface area contributed by atoms with Crippen molar-refractivity contribution in [2.45, 2.75) is 26.7 Å². The van der Waals surface area contributed by atoms with Crippen molar-refractivity contribution in [1.29, 1.82) is 0 Å². The molecule has 0 aliphatic rings. The van der Waals surface area contributed by atoms with Crippen LogP contribution in [0.25, 0.3) is 11.3 Å². The molecule has 0 amide bonds. The van der Waals surface area contributed by atoms with Gasteiger partial charge in [0, 0.05) is 11.1 Å². The molecule has 0 fully saturated rings. The van der Waals surface area contributed by atoms with Crippen molar-refractivity contribution >= 4 is 0 Å². The van der Waals surface area contributed by atoms with Gasteiger partial charge in [-0.15, -0.1) is 0 Å². The van der Waals surface area contributed by atoms with E-state index < -0.39 is 0 Å². The summed E-state index contributed by atoms with van der Waals surface area (Å²) in [4.78, 5) is 18.9. The zero-order valence-electron chi connectivity index (χ0n) is 11.5. The molecule has 0 saturated carbocycles. The lowest BCUT2D eigenvalue weighted by molar-refractivity contribution is 0.414. The molecule has 1 aromatic carbocycles. The van der Waals surface area contributed by atoms with Crippen LogP contribution in [0.5, 0.6) is 5.75 Å². The minimum atomic E-state index is -0.0536. The van der Waals surface area contributed by atoms with Gasteiger partial charge in [0.1, 0.15) is 5.75 Å². The summed E-state index contributed by atoms with van der Waals surface area (Å²) in [6.45, 7) is 4.05. The lowest BCUT2D eigenvalue weighted by Crippen LogP contribution is -2.15. The van der Waals surface area contributed by atoms with Crippen molar-refractivity contribution in [3.63, 3.8) is 0 Å². The molecule has 19 heavy (non-hydrogen) atoms. The Morgan fingerprint density at radius 3 is 2.79 bits per heavy atom. The van der Waals surface area contributed by atoms with E-state index in [1.165, 1.54) is 6.33 Å². The minimum Gasteiger partial charge on any atom is -0.497 e. The molecular formula is C15H18N2O2. The number of methoxy groups -OCH3 is 1. The van der Waals surface area contributed by atoms with E-state index >= 15 is 0 Å². The number of rotatable bonds is 4. The third kappa shape index (κ3) is 2.67. The molecule has 0 atom stereocenters. The summed E-state index contributed by atoms with van der Waals surface area (Å²) >= 11 is 0. The fourth-order valence-electron chi connectivity index (χ4n) is 2.17. The maximum absolute atomic E-state index is 11.9. The fourth-order valence-corrected chi connectivity index (χ4v) is 2.17. The maximum atomic E-state index is 11.9. The van der Waals surface area contributed by atoms with Crippen molar-refractivity contribution in [3.05, 3.63) is 46.0 Å². The van der Waals surface area contributed by atoms with E-state index in [9.17, 15) is 4.79 Å². The van der Waals surface area contributed by atoms with Crippen molar-refractivity contribution in [3.8, 4) is 17.0 Å². The molecule has 1 N–H and O–H groups in total. The Balaban J connectivity index is 2.58. The zero-order chi connectivity index (χ0) is 13.8. The van der Waals surface area contributed by atoms with Crippen LogP contribution in [-0.4, -0.2) is 17.1 Å². The average molecular weight is 258 g/mol. The first-order valence-electron chi connectivity index (χ1n) is 6.39. The third-order valence-corrected chi connectivity index (χ3v) is 3.14. The number of ether oxygens (including phenoxy) is 1. The number of aromatic nitrogens is 2. The molecule has 0 bridgehead atoms. The minimum absolute atomic E-state index is 0.0536. The van der Waals surface area contributed by atoms with E-state index in [0.717, 1.165) is 41.0 Å². The second-order valence-corrected chi connectivity index (χ2v) is 4.49. The highest BCUT2D eigenvalue weighted by atomic mass is 16.5. The first-order valence-corrected chi connectivity index (χ1v) is 6.39. The smallest absolute Gasteiger partial charge is 0.254 e. The molecule has 0 aliphatic carbocycles. The molecule has 0 saturated heterocycles. The van der Waals surface area contributed by atoms with Crippen LogP contribution < -0.4 is 10.3 Å². The normalized spacial score (nSPS) is 10.5. The van der Waals surface area contributed by atoms with Gasteiger partial charge in [-0.3, -0.25) is 4.79 Å². The topological polar surface area (TPSA) is 55.0 Å². The lowest BCUT2D eigenvalue weighted by Gasteiger charge is -2.10. The number of benzene rings is 1. The van der Waals surface area contributed by atoms with Crippen LogP contribution >= 0.6 is 0 Å². The summed E-state index contributed by atoms with van der Waals surface area (Å²) in [6.07, 6.45) is 3.10. The van der Waals surface area contributed by atoms with Crippen molar-refractivity contribution < 1.29 is 4.74 Å². The van der Waals surface area contributed by atoms with Gasteiger partial charge in [0.25, 0.3) is 5.56 Å². The van der Waals surface area contributed by atoms with Gasteiger partial charge in [0.05, 0.1) is 19.1 Å². The molecule has 4 nitrogen and oxygen atoms in total. The van der Waals surface area contributed by atoms with Gasteiger partial charge < -0.3 is 9.72 Å². The van der Waals surface area contributed by atoms with E-state index in [1.807, 2.05) is 25.1 Å². The Morgan fingerprint density at radius 1 is 1.37 bits per heavy atom. The molecule has 100 valence electrons. The molecule has 1 aromatic heterocycles. The molecule has 0 aliphatic heterocycles. The van der Waals surface area contributed by atoms with Crippen molar-refractivity contribution in [2.75, 3.05) is 7.11 Å². The van der Waals surface area contributed by atoms with E-state index in [1.54, 1.807) is 7.11 Å². The predicted molar refractivity (Wildman–Crippen MR) is 75.6 cm³/mol. The van der Waals surface area contributed by atoms with Gasteiger partial charge >= 0.3 is 0 Å². The van der Waals surface area contributed by atoms with Crippen LogP contribution in [0.15, 0.2) is 29.3 Å². The Bertz CT molecular complexity index is 632. The highest BCUT2D eigenvalue weighted by Crippen LogP contribution is 2.26. The molecule has 2 aromatic rings. The molecule has 0 unspecified atom stereocenters. The quantitative estimate of drug-likeness (QED) is 0.917. The summed E-state index contributed by atoms with van der Waals surface area (Å²) in [5.74, 6) is 0.808. The Labute approximate surface area is 112 Å². The van der Waals surface area contributed by atoms with E-state index in [-0.39, 0.29) is 5.56 Å². The molecular weight excluding hydrogens is 240 g/mol. The third-order valence-electron chi connectivity index (χ3n) is 3.14. The number of nitrogens with one attached hydrogen (secondary N) is 1. The number of hydrogen-bond acceptors (Lipinski definition) is 3. The summed E-state index contributed by atoms with van der Waals surface area (Å²) in [7, 11) is 1.64. The lowest BCUT2D eigenvalue weighted by atomic mass is 9.99.